The first-order valence-corrected chi connectivity index (χ1v) is 31.5. The summed E-state index contributed by atoms with van der Waals surface area (Å²) in [5, 5.41) is -4.31. The maximum absolute atomic E-state index is 16.0. The molecule has 0 atom stereocenters. The van der Waals surface area contributed by atoms with E-state index < -0.39 is 383 Å². The molecule has 2 aliphatic rings. The Morgan fingerprint density at radius 1 is 0.552 bits per heavy atom. The minimum Gasteiger partial charge on any atom is -0.383 e. The first-order chi connectivity index (χ1) is 68.8. The summed E-state index contributed by atoms with van der Waals surface area (Å²) < 4.78 is 562. The molecule has 105 heavy (non-hydrogen) atoms. The highest BCUT2D eigenvalue weighted by Crippen LogP contribution is 2.36. The van der Waals surface area contributed by atoms with Gasteiger partial charge in [0.05, 0.1) is 82.4 Å². The van der Waals surface area contributed by atoms with Crippen LogP contribution in [0, 0.1) is 30.2 Å². The second-order valence-corrected chi connectivity index (χ2v) is 23.1. The van der Waals surface area contributed by atoms with Gasteiger partial charge in [0.15, 0.2) is 34.1 Å². The monoisotopic (exact) mass is 1530 g/mol. The summed E-state index contributed by atoms with van der Waals surface area (Å²) in [6, 6.07) is -15.3. The molecule has 0 unspecified atom stereocenters. The van der Waals surface area contributed by atoms with Crippen LogP contribution in [0.25, 0.3) is 44.1 Å². The zero-order chi connectivity index (χ0) is 116. The first kappa shape index (κ1) is 37.0. The van der Waals surface area contributed by atoms with Gasteiger partial charge in [0, 0.05) is 151 Å². The van der Waals surface area contributed by atoms with Crippen molar-refractivity contribution < 1.29 is 127 Å². The van der Waals surface area contributed by atoms with E-state index in [4.69, 9.17) is 45.2 Å². The number of carbonyl (C=O) groups excluding carboxylic acids is 2. The minimum atomic E-state index is -5.54. The first-order valence-electron chi connectivity index (χ1n) is 53.4. The molecule has 10 aromatic rings. The number of aromatic nitrogens is 2. The molecule has 0 spiro atoms. The van der Waals surface area contributed by atoms with Crippen LogP contribution in [0.3, 0.4) is 0 Å². The van der Waals surface area contributed by atoms with Crippen LogP contribution in [0.2, 0.25) is 0 Å². The van der Waals surface area contributed by atoms with Gasteiger partial charge in [-0.05, 0) is 132 Å². The van der Waals surface area contributed by atoms with Crippen LogP contribution < -0.4 is 10.9 Å². The molecular formula is C81H78F10N6O6S2. The molecule has 8 aromatic carbocycles. The second kappa shape index (κ2) is 34.9. The fraction of sp³-hybridized carbons (Fsp3) is 0.309. The third-order valence-electron chi connectivity index (χ3n) is 14.6. The van der Waals surface area contributed by atoms with E-state index in [1.165, 1.54) is 42.5 Å². The number of amides is 2. The summed E-state index contributed by atoms with van der Waals surface area (Å²) in [6.45, 7) is -32.4. The Hall–Kier alpha value is -9.04. The van der Waals surface area contributed by atoms with Gasteiger partial charge in [-0.3, -0.25) is 19.2 Å². The Kier molecular flexibility index (Phi) is 12.3. The standard InChI is InChI=1S/C41H40F5N3O3S.C40H38F5N3O3S/c1-27-22-29(28-12-14-32(15-13-28)41(44,45)46)10-11-30(27)24-48(33-16-18-47(19-17-33)20-21-52-2)38(51)25-49-36-9-4-3-7-34(36)37(50)23-39(49)53-26-31-6-5-8-35(42)40(31)43;1-51-22-21-46-19-17-32(18-20-46)47(24-27-9-11-28(12-10-27)29-13-15-31(16-14-29)40(43,44)45)37(50)25-48-35-8-3-2-6-33(35)36(49)23-38(48)52-26-30-5-4-7-34(41)39(30)42/h3-15,22-23,33H,16-21,24-26H2,1-2H3;2-16,23,32H,17-22,24-26H2,1H3/i2D3,3D,4D,5D,6D,7D,8D,9D,10D,11D,12D,13D,14D,15D,16D2,17D2,18D2,19D2,22D,23D,25D2,26D2,33D;1D3,17D2,18D2,19D2,20D2,25D2,26D2,32D. The number of carbonyl (C=O) groups is 2. The zero-order valence-corrected chi connectivity index (χ0v) is 54.8. The summed E-state index contributed by atoms with van der Waals surface area (Å²) in [7, 11) is -6.45. The summed E-state index contributed by atoms with van der Waals surface area (Å²) in [5.41, 5.74) is -21.9. The number of likely N-dealkylation sites (tertiary alicyclic amines) is 2. The number of para-hydroxylation sites is 2. The molecule has 0 bridgehead atoms. The van der Waals surface area contributed by atoms with Crippen LogP contribution in [-0.4, -0.2) is 119 Å². The van der Waals surface area contributed by atoms with E-state index in [9.17, 15) is 59.5 Å². The van der Waals surface area contributed by atoms with Crippen LogP contribution in [0.1, 0.15) is 129 Å². The number of hydrogen-bond acceptors (Lipinski definition) is 10. The molecule has 2 amide bonds. The number of ether oxygens (including phenoxy) is 2. The number of benzene rings is 8. The van der Waals surface area contributed by atoms with Gasteiger partial charge >= 0.3 is 12.4 Å². The van der Waals surface area contributed by atoms with Gasteiger partial charge in [-0.25, -0.2) is 17.6 Å². The highest BCUT2D eigenvalue weighted by molar-refractivity contribution is 7.98. The number of fused-ring (bicyclic) bond motifs is 2. The maximum Gasteiger partial charge on any atom is 0.416 e. The zero-order valence-electron chi connectivity index (χ0n) is 100. The van der Waals surface area contributed by atoms with Crippen LogP contribution in [0.4, 0.5) is 43.9 Å². The van der Waals surface area contributed by atoms with E-state index >= 15 is 22.8 Å². The third kappa shape index (κ3) is 19.3. The van der Waals surface area contributed by atoms with Crippen molar-refractivity contribution in [2.75, 3.05) is 66.4 Å². The van der Waals surface area contributed by atoms with E-state index in [-0.39, 0.29) is 48.5 Å². The van der Waals surface area contributed by atoms with E-state index in [2.05, 4.69) is 9.47 Å². The summed E-state index contributed by atoms with van der Waals surface area (Å²) >= 11 is -0.898. The summed E-state index contributed by atoms with van der Waals surface area (Å²) in [5.74, 6) is -12.7. The normalized spacial score (nSPS) is 25.9. The lowest BCUT2D eigenvalue weighted by Crippen LogP contribution is -2.48. The summed E-state index contributed by atoms with van der Waals surface area (Å²) in [4.78, 5) is 57.9. The number of halogens is 10. The molecule has 24 heteroatoms. The van der Waals surface area contributed by atoms with Crippen molar-refractivity contribution in [3.8, 4) is 22.3 Å². The Labute approximate surface area is 676 Å². The van der Waals surface area contributed by atoms with Gasteiger partial charge in [-0.2, -0.15) is 26.3 Å². The summed E-state index contributed by atoms with van der Waals surface area (Å²) in [6.07, 6.45) is -27.8. The second-order valence-electron chi connectivity index (χ2n) is 21.4. The van der Waals surface area contributed by atoms with Crippen molar-refractivity contribution >= 4 is 57.1 Å². The number of alkyl halides is 6. The van der Waals surface area contributed by atoms with Crippen LogP contribution in [0.5, 0.6) is 0 Å². The van der Waals surface area contributed by atoms with Crippen molar-refractivity contribution in [1.82, 2.24) is 28.7 Å². The molecule has 0 saturated carbocycles. The molecule has 550 valence electrons. The van der Waals surface area contributed by atoms with Gasteiger partial charge < -0.3 is 38.2 Å². The average molecular weight is 1530 g/mol. The molecule has 2 aliphatic heterocycles. The van der Waals surface area contributed by atoms with Gasteiger partial charge in [0.1, 0.15) is 13.0 Å². The minimum absolute atomic E-state index is 0.0632. The lowest BCUT2D eigenvalue weighted by Gasteiger charge is -2.39. The molecule has 0 radical (unpaired) electrons. The average Bonchev–Trinajstić information content (AvgIpc) is 0.664. The molecule has 4 heterocycles. The topological polar surface area (TPSA) is 110 Å². The van der Waals surface area contributed by atoms with E-state index in [1.807, 2.05) is 0 Å². The van der Waals surface area contributed by atoms with Gasteiger partial charge in [0.2, 0.25) is 11.8 Å². The van der Waals surface area contributed by atoms with Crippen molar-refractivity contribution in [2.24, 2.45) is 0 Å². The number of thioether (sulfide) groups is 2. The highest BCUT2D eigenvalue weighted by atomic mass is 32.2. The SMILES string of the molecule is [2H]C([2H])([2H])OCCN1C([2H])([2H])C([2H])([2H])C([2H])(N(Cc2ccc(-c3ccc(C(F)(F)F)cc3)cc2)C(=O)C([2H])([2H])n2c(SC([2H])([2H])c3cccc(F)c3F)cc(=O)c3ccccc32)C([2H])([2H])C1([2H])[2H].[2H]c1c([2H])c(F)c(F)c(C([2H])([2H])Sc2c([2H])c(=O)c3c([2H])c([2H])c([2H])c([2H])c3n2C([2H])([2H])C(=O)N(Cc2c([2H])c([2H])c(-c3c([2H])c([2H])c(C(F)(F)F)c([2H])c3[2H])c([2H])c2C)C2([2H])C([2H])([2H])C([2H])([2H])N(CCOC([2H])([2H])[2H])C([2H])([2H])C2([2H])[2H])c1[2H]. The van der Waals surface area contributed by atoms with Gasteiger partial charge in [-0.1, -0.05) is 115 Å². The maximum atomic E-state index is 16.0. The fourth-order valence-electron chi connectivity index (χ4n) is 9.37. The number of methoxy groups -OCH3 is 2. The Morgan fingerprint density at radius 3 is 1.74 bits per heavy atom. The van der Waals surface area contributed by atoms with Crippen LogP contribution in [0.15, 0.2) is 207 Å². The molecule has 0 aliphatic carbocycles. The quantitative estimate of drug-likeness (QED) is 0.0428. The molecule has 0 N–H and O–H groups in total. The van der Waals surface area contributed by atoms with Gasteiger partial charge in [0.25, 0.3) is 0 Å². The fourth-order valence-corrected chi connectivity index (χ4v) is 10.9. The molecule has 12 nitrogen and oxygen atoms in total. The Bertz CT molecular complexity index is 7160. The largest absolute Gasteiger partial charge is 0.416 e. The predicted molar refractivity (Wildman–Crippen MR) is 391 cm³/mol. The highest BCUT2D eigenvalue weighted by Gasteiger charge is 2.34. The number of nitrogens with zero attached hydrogens (tertiary/aromatic N) is 6. The molecule has 12 rings (SSSR count). The lowest BCUT2D eigenvalue weighted by molar-refractivity contribution is -0.138. The van der Waals surface area contributed by atoms with Crippen molar-refractivity contribution in [2.45, 2.75) is 104 Å². The van der Waals surface area contributed by atoms with E-state index in [0.29, 0.717) is 16.7 Å². The smallest absolute Gasteiger partial charge is 0.383 e. The molecular weight excluding hydrogens is 1410 g/mol. The predicted octanol–water partition coefficient (Wildman–Crippen LogP) is 17.1. The van der Waals surface area contributed by atoms with Crippen LogP contribution in [-0.2, 0) is 68.9 Å². The van der Waals surface area contributed by atoms with Gasteiger partial charge in [-0.15, -0.1) is 23.5 Å². The lowest BCUT2D eigenvalue weighted by atomic mass is 9.97. The van der Waals surface area contributed by atoms with Crippen LogP contribution >= 0.6 is 23.5 Å². The number of rotatable bonds is 24. The Morgan fingerprint density at radius 2 is 1.11 bits per heavy atom. The van der Waals surface area contributed by atoms with Crippen molar-refractivity contribution in [3.05, 3.63) is 270 Å². The third-order valence-corrected chi connectivity index (χ3v) is 16.2. The van der Waals surface area contributed by atoms with Crippen molar-refractivity contribution in [1.29, 1.82) is 0 Å². The molecule has 2 fully saturated rings. The Balaban J connectivity index is 0.000000294. The van der Waals surface area contributed by atoms with E-state index in [0.717, 1.165) is 49.4 Å². The van der Waals surface area contributed by atoms with E-state index in [1.54, 1.807) is 0 Å². The molecule has 2 aromatic heterocycles. The molecule has 2 saturated heterocycles. The van der Waals surface area contributed by atoms with Crippen molar-refractivity contribution in [3.63, 3.8) is 0 Å². The number of pyridine rings is 2. The number of hydrogen-bond donors (Lipinski definition) is 0. The number of piperidine rings is 2.